The molecule has 1 rings (SSSR count). The predicted octanol–water partition coefficient (Wildman–Crippen LogP) is 2.92. The molecule has 84 valence electrons. The van der Waals surface area contributed by atoms with Crippen LogP contribution in [0.1, 0.15) is 31.5 Å². The SMILES string of the molecule is Cc1cc(C)nc(SC(C)CC(C)N)c1. The summed E-state index contributed by atoms with van der Waals surface area (Å²) in [6.45, 7) is 8.39. The van der Waals surface area contributed by atoms with E-state index in [1.807, 2.05) is 25.6 Å². The van der Waals surface area contributed by atoms with Gasteiger partial charge in [-0.15, -0.1) is 11.8 Å². The number of aryl methyl sites for hydroxylation is 2. The first kappa shape index (κ1) is 12.5. The molecule has 0 amide bonds. The van der Waals surface area contributed by atoms with Gasteiger partial charge in [-0.1, -0.05) is 6.92 Å². The molecule has 0 saturated heterocycles. The summed E-state index contributed by atoms with van der Waals surface area (Å²) in [6.07, 6.45) is 1.03. The summed E-state index contributed by atoms with van der Waals surface area (Å²) in [5, 5.41) is 1.64. The lowest BCUT2D eigenvalue weighted by Crippen LogP contribution is -2.19. The maximum atomic E-state index is 5.77. The van der Waals surface area contributed by atoms with E-state index in [2.05, 4.69) is 31.0 Å². The number of nitrogens with zero attached hydrogens (tertiary/aromatic N) is 1. The van der Waals surface area contributed by atoms with Gasteiger partial charge in [0.25, 0.3) is 0 Å². The van der Waals surface area contributed by atoms with E-state index in [-0.39, 0.29) is 6.04 Å². The third-order valence-corrected chi connectivity index (χ3v) is 3.15. The second kappa shape index (κ2) is 5.52. The van der Waals surface area contributed by atoms with E-state index in [0.717, 1.165) is 17.1 Å². The van der Waals surface area contributed by atoms with Crippen molar-refractivity contribution < 1.29 is 0 Å². The molecule has 0 aliphatic heterocycles. The number of hydrogen-bond acceptors (Lipinski definition) is 3. The summed E-state index contributed by atoms with van der Waals surface area (Å²) >= 11 is 1.81. The first-order valence-corrected chi connectivity index (χ1v) is 6.23. The fraction of sp³-hybridized carbons (Fsp3) is 0.583. The molecule has 2 N–H and O–H groups in total. The van der Waals surface area contributed by atoms with Crippen LogP contribution < -0.4 is 5.73 Å². The second-order valence-corrected chi connectivity index (χ2v) is 5.72. The van der Waals surface area contributed by atoms with E-state index in [1.54, 1.807) is 0 Å². The van der Waals surface area contributed by atoms with Crippen molar-refractivity contribution in [2.24, 2.45) is 5.73 Å². The highest BCUT2D eigenvalue weighted by atomic mass is 32.2. The fourth-order valence-electron chi connectivity index (χ4n) is 1.64. The molecule has 0 aliphatic carbocycles. The van der Waals surface area contributed by atoms with Crippen molar-refractivity contribution in [3.8, 4) is 0 Å². The molecule has 0 aromatic carbocycles. The van der Waals surface area contributed by atoms with Gasteiger partial charge in [0.05, 0.1) is 5.03 Å². The Kier molecular flexibility index (Phi) is 4.61. The molecule has 0 spiro atoms. The van der Waals surface area contributed by atoms with Crippen LogP contribution in [0.5, 0.6) is 0 Å². The van der Waals surface area contributed by atoms with Crippen molar-refractivity contribution in [3.63, 3.8) is 0 Å². The Bertz CT molecular complexity index is 303. The van der Waals surface area contributed by atoms with Gasteiger partial charge in [-0.05, 0) is 44.9 Å². The molecule has 0 aliphatic rings. The van der Waals surface area contributed by atoms with Gasteiger partial charge in [0.1, 0.15) is 0 Å². The van der Waals surface area contributed by atoms with Crippen molar-refractivity contribution in [3.05, 3.63) is 23.4 Å². The maximum absolute atomic E-state index is 5.77. The minimum absolute atomic E-state index is 0.262. The molecule has 2 unspecified atom stereocenters. The minimum atomic E-state index is 0.262. The van der Waals surface area contributed by atoms with Gasteiger partial charge in [0.15, 0.2) is 0 Å². The molecule has 0 fully saturated rings. The van der Waals surface area contributed by atoms with Gasteiger partial charge >= 0.3 is 0 Å². The van der Waals surface area contributed by atoms with Gasteiger partial charge < -0.3 is 5.73 Å². The first-order chi connectivity index (χ1) is 6.97. The van der Waals surface area contributed by atoms with Crippen molar-refractivity contribution in [2.75, 3.05) is 0 Å². The van der Waals surface area contributed by atoms with Gasteiger partial charge in [-0.2, -0.15) is 0 Å². The molecule has 1 aromatic rings. The van der Waals surface area contributed by atoms with E-state index in [9.17, 15) is 0 Å². The Labute approximate surface area is 96.7 Å². The van der Waals surface area contributed by atoms with Crippen LogP contribution in [0.3, 0.4) is 0 Å². The zero-order chi connectivity index (χ0) is 11.4. The fourth-order valence-corrected chi connectivity index (χ4v) is 2.91. The van der Waals surface area contributed by atoms with Crippen molar-refractivity contribution in [1.29, 1.82) is 0 Å². The number of rotatable bonds is 4. The number of hydrogen-bond donors (Lipinski definition) is 1. The monoisotopic (exact) mass is 224 g/mol. The highest BCUT2D eigenvalue weighted by Gasteiger charge is 2.08. The molecule has 15 heavy (non-hydrogen) atoms. The summed E-state index contributed by atoms with van der Waals surface area (Å²) in [6, 6.07) is 4.49. The summed E-state index contributed by atoms with van der Waals surface area (Å²) < 4.78 is 0. The molecule has 0 radical (unpaired) electrons. The van der Waals surface area contributed by atoms with E-state index < -0.39 is 0 Å². The van der Waals surface area contributed by atoms with Crippen LogP contribution in [0.2, 0.25) is 0 Å². The lowest BCUT2D eigenvalue weighted by molar-refractivity contribution is 0.662. The van der Waals surface area contributed by atoms with Gasteiger partial charge in [-0.3, -0.25) is 0 Å². The number of nitrogens with two attached hydrogens (primary N) is 1. The maximum Gasteiger partial charge on any atom is 0.0968 e. The van der Waals surface area contributed by atoms with Crippen molar-refractivity contribution >= 4 is 11.8 Å². The van der Waals surface area contributed by atoms with Crippen LogP contribution in [-0.4, -0.2) is 16.3 Å². The Hall–Kier alpha value is -0.540. The first-order valence-electron chi connectivity index (χ1n) is 5.35. The normalized spacial score (nSPS) is 15.0. The van der Waals surface area contributed by atoms with Crippen LogP contribution >= 0.6 is 11.8 Å². The largest absolute Gasteiger partial charge is 0.328 e. The minimum Gasteiger partial charge on any atom is -0.328 e. The Morgan fingerprint density at radius 2 is 2.00 bits per heavy atom. The predicted molar refractivity (Wildman–Crippen MR) is 67.3 cm³/mol. The standard InChI is InChI=1S/C12H20N2S/c1-8-5-10(3)14-12(6-8)15-11(4)7-9(2)13/h5-6,9,11H,7,13H2,1-4H3. The molecule has 0 bridgehead atoms. The summed E-state index contributed by atoms with van der Waals surface area (Å²) in [5.74, 6) is 0. The molecule has 2 nitrogen and oxygen atoms in total. The molecule has 3 heteroatoms. The van der Waals surface area contributed by atoms with Gasteiger partial charge in [-0.25, -0.2) is 4.98 Å². The summed E-state index contributed by atoms with van der Waals surface area (Å²) in [4.78, 5) is 4.50. The van der Waals surface area contributed by atoms with Crippen LogP contribution in [0, 0.1) is 13.8 Å². The van der Waals surface area contributed by atoms with Crippen LogP contribution in [-0.2, 0) is 0 Å². The Morgan fingerprint density at radius 1 is 1.33 bits per heavy atom. The third kappa shape index (κ3) is 4.67. The molecule has 0 saturated carbocycles. The van der Waals surface area contributed by atoms with Crippen LogP contribution in [0.15, 0.2) is 17.2 Å². The van der Waals surface area contributed by atoms with Crippen molar-refractivity contribution in [2.45, 2.75) is 50.4 Å². The topological polar surface area (TPSA) is 38.9 Å². The molecular formula is C12H20N2S. The molecule has 2 atom stereocenters. The molecular weight excluding hydrogens is 204 g/mol. The Balaban J connectivity index is 2.63. The van der Waals surface area contributed by atoms with E-state index in [4.69, 9.17) is 5.73 Å². The number of aromatic nitrogens is 1. The van der Waals surface area contributed by atoms with E-state index in [0.29, 0.717) is 5.25 Å². The summed E-state index contributed by atoms with van der Waals surface area (Å²) in [5.41, 5.74) is 8.14. The Morgan fingerprint density at radius 3 is 2.53 bits per heavy atom. The zero-order valence-electron chi connectivity index (χ0n) is 9.95. The van der Waals surface area contributed by atoms with Gasteiger partial charge in [0, 0.05) is 17.0 Å². The average Bonchev–Trinajstić information content (AvgIpc) is 1.98. The molecule has 1 aromatic heterocycles. The lowest BCUT2D eigenvalue weighted by atomic mass is 10.2. The van der Waals surface area contributed by atoms with Crippen LogP contribution in [0.4, 0.5) is 0 Å². The van der Waals surface area contributed by atoms with Crippen molar-refractivity contribution in [1.82, 2.24) is 4.98 Å². The van der Waals surface area contributed by atoms with Crippen LogP contribution in [0.25, 0.3) is 0 Å². The number of pyridine rings is 1. The van der Waals surface area contributed by atoms with Gasteiger partial charge in [0.2, 0.25) is 0 Å². The third-order valence-electron chi connectivity index (χ3n) is 2.10. The highest BCUT2D eigenvalue weighted by Crippen LogP contribution is 2.24. The quantitative estimate of drug-likeness (QED) is 0.799. The number of thioether (sulfide) groups is 1. The second-order valence-electron chi connectivity index (χ2n) is 4.27. The summed E-state index contributed by atoms with van der Waals surface area (Å²) in [7, 11) is 0. The van der Waals surface area contributed by atoms with E-state index in [1.165, 1.54) is 5.56 Å². The van der Waals surface area contributed by atoms with E-state index >= 15 is 0 Å². The molecule has 1 heterocycles. The highest BCUT2D eigenvalue weighted by molar-refractivity contribution is 7.99. The average molecular weight is 224 g/mol. The lowest BCUT2D eigenvalue weighted by Gasteiger charge is -2.13. The zero-order valence-corrected chi connectivity index (χ0v) is 10.8. The smallest absolute Gasteiger partial charge is 0.0968 e.